The van der Waals surface area contributed by atoms with Gasteiger partial charge in [-0.2, -0.15) is 4.40 Å². The molecule has 5 heteroatoms. The standard InChI is InChI=1S/C10H19NO3S/c1-9(2,3)15(12)11-6-8-7-13-10(4,5)14-8/h6,8H,7H2,1-5H3/t8-,15+/m0/s1. The van der Waals surface area contributed by atoms with Gasteiger partial charge < -0.3 is 9.47 Å². The summed E-state index contributed by atoms with van der Waals surface area (Å²) in [6, 6.07) is 0. The Morgan fingerprint density at radius 1 is 1.47 bits per heavy atom. The van der Waals surface area contributed by atoms with Crippen LogP contribution in [0.25, 0.3) is 0 Å². The first kappa shape index (κ1) is 12.8. The SMILES string of the molecule is CC1(C)OC[C@H](C=N[S@](=O)C(C)(C)C)O1. The molecule has 0 spiro atoms. The van der Waals surface area contributed by atoms with Gasteiger partial charge in [-0.05, 0) is 34.6 Å². The van der Waals surface area contributed by atoms with Crippen molar-refractivity contribution in [3.05, 3.63) is 0 Å². The van der Waals surface area contributed by atoms with E-state index in [1.165, 1.54) is 0 Å². The van der Waals surface area contributed by atoms with Crippen molar-refractivity contribution in [2.45, 2.75) is 51.3 Å². The topological polar surface area (TPSA) is 47.9 Å². The van der Waals surface area contributed by atoms with Crippen molar-refractivity contribution in [3.63, 3.8) is 0 Å². The number of nitrogens with zero attached hydrogens (tertiary/aromatic N) is 1. The number of ether oxygens (including phenoxy) is 2. The highest BCUT2D eigenvalue weighted by Crippen LogP contribution is 2.21. The zero-order valence-corrected chi connectivity index (χ0v) is 10.8. The van der Waals surface area contributed by atoms with Crippen LogP contribution in [0.2, 0.25) is 0 Å². The van der Waals surface area contributed by atoms with Crippen LogP contribution in [0.4, 0.5) is 0 Å². The monoisotopic (exact) mass is 233 g/mol. The van der Waals surface area contributed by atoms with E-state index in [9.17, 15) is 4.21 Å². The lowest BCUT2D eigenvalue weighted by Crippen LogP contribution is -2.23. The molecule has 0 aromatic rings. The lowest BCUT2D eigenvalue weighted by molar-refractivity contribution is -0.130. The molecule has 1 rings (SSSR count). The quantitative estimate of drug-likeness (QED) is 0.682. The van der Waals surface area contributed by atoms with Crippen LogP contribution in [0.3, 0.4) is 0 Å². The normalized spacial score (nSPS) is 28.5. The van der Waals surface area contributed by atoms with E-state index in [1.807, 2.05) is 34.6 Å². The Balaban J connectivity index is 2.50. The summed E-state index contributed by atoms with van der Waals surface area (Å²) in [6.45, 7) is 9.82. The summed E-state index contributed by atoms with van der Waals surface area (Å²) in [7, 11) is -1.22. The average Bonchev–Trinajstić information content (AvgIpc) is 2.39. The molecule has 0 radical (unpaired) electrons. The van der Waals surface area contributed by atoms with E-state index >= 15 is 0 Å². The Bertz CT molecular complexity index is 281. The van der Waals surface area contributed by atoms with Crippen LogP contribution >= 0.6 is 0 Å². The van der Waals surface area contributed by atoms with E-state index < -0.39 is 16.8 Å². The van der Waals surface area contributed by atoms with Crippen LogP contribution < -0.4 is 0 Å². The molecule has 0 N–H and O–H groups in total. The molecule has 88 valence electrons. The molecular weight excluding hydrogens is 214 g/mol. The maximum absolute atomic E-state index is 11.6. The first-order chi connectivity index (χ1) is 6.71. The van der Waals surface area contributed by atoms with Gasteiger partial charge in [0.25, 0.3) is 0 Å². The van der Waals surface area contributed by atoms with Crippen LogP contribution in [-0.4, -0.2) is 33.7 Å². The highest BCUT2D eigenvalue weighted by atomic mass is 32.2. The lowest BCUT2D eigenvalue weighted by Gasteiger charge is -2.16. The predicted molar refractivity (Wildman–Crippen MR) is 61.3 cm³/mol. The van der Waals surface area contributed by atoms with Crippen molar-refractivity contribution < 1.29 is 13.7 Å². The number of rotatable bonds is 2. The first-order valence-electron chi connectivity index (χ1n) is 4.99. The summed E-state index contributed by atoms with van der Waals surface area (Å²) in [5, 5.41) is 0. The van der Waals surface area contributed by atoms with Gasteiger partial charge >= 0.3 is 0 Å². The van der Waals surface area contributed by atoms with Crippen molar-refractivity contribution >= 4 is 17.2 Å². The minimum Gasteiger partial charge on any atom is -0.347 e. The van der Waals surface area contributed by atoms with Crippen LogP contribution in [0, 0.1) is 0 Å². The highest BCUT2D eigenvalue weighted by Gasteiger charge is 2.32. The fourth-order valence-corrected chi connectivity index (χ4v) is 1.63. The van der Waals surface area contributed by atoms with Gasteiger partial charge in [0.15, 0.2) is 5.79 Å². The Kier molecular flexibility index (Phi) is 3.68. The van der Waals surface area contributed by atoms with Crippen LogP contribution in [0.15, 0.2) is 4.40 Å². The molecule has 0 bridgehead atoms. The fourth-order valence-electron chi connectivity index (χ4n) is 1.07. The molecule has 0 aromatic carbocycles. The maximum atomic E-state index is 11.6. The third-order valence-electron chi connectivity index (χ3n) is 1.88. The molecule has 1 aliphatic heterocycles. The lowest BCUT2D eigenvalue weighted by atomic mass is 10.3. The smallest absolute Gasteiger partial charge is 0.163 e. The van der Waals surface area contributed by atoms with Crippen LogP contribution in [0.5, 0.6) is 0 Å². The highest BCUT2D eigenvalue weighted by molar-refractivity contribution is 7.85. The Hall–Kier alpha value is -0.260. The molecule has 1 heterocycles. The van der Waals surface area contributed by atoms with Crippen molar-refractivity contribution in [3.8, 4) is 0 Å². The average molecular weight is 233 g/mol. The molecule has 2 atom stereocenters. The summed E-state index contributed by atoms with van der Waals surface area (Å²) < 4.78 is 26.1. The van der Waals surface area contributed by atoms with Crippen molar-refractivity contribution in [2.24, 2.45) is 4.40 Å². The van der Waals surface area contributed by atoms with E-state index in [0.29, 0.717) is 6.61 Å². The minimum absolute atomic E-state index is 0.189. The zero-order chi connectivity index (χ0) is 11.7. The van der Waals surface area contributed by atoms with E-state index in [-0.39, 0.29) is 10.9 Å². The van der Waals surface area contributed by atoms with Gasteiger partial charge in [0, 0.05) is 6.21 Å². The fraction of sp³-hybridized carbons (Fsp3) is 0.900. The number of hydrogen-bond acceptors (Lipinski definition) is 3. The Morgan fingerprint density at radius 2 is 2.07 bits per heavy atom. The summed E-state index contributed by atoms with van der Waals surface area (Å²) in [4.78, 5) is 0. The molecule has 1 saturated heterocycles. The summed E-state index contributed by atoms with van der Waals surface area (Å²) in [5.74, 6) is -0.556. The molecule has 4 nitrogen and oxygen atoms in total. The molecule has 0 unspecified atom stereocenters. The van der Waals surface area contributed by atoms with E-state index in [0.717, 1.165) is 0 Å². The molecule has 1 fully saturated rings. The van der Waals surface area contributed by atoms with Gasteiger partial charge in [0.05, 0.1) is 11.4 Å². The summed E-state index contributed by atoms with van der Waals surface area (Å²) in [5.41, 5.74) is 0. The van der Waals surface area contributed by atoms with Crippen molar-refractivity contribution in [2.75, 3.05) is 6.61 Å². The van der Waals surface area contributed by atoms with Crippen LogP contribution in [-0.2, 0) is 20.5 Å². The minimum atomic E-state index is -1.22. The maximum Gasteiger partial charge on any atom is 0.163 e. The summed E-state index contributed by atoms with van der Waals surface area (Å²) in [6.07, 6.45) is 1.39. The van der Waals surface area contributed by atoms with Crippen molar-refractivity contribution in [1.82, 2.24) is 0 Å². The first-order valence-corrected chi connectivity index (χ1v) is 6.09. The van der Waals surface area contributed by atoms with Crippen LogP contribution in [0.1, 0.15) is 34.6 Å². The second kappa shape index (κ2) is 4.31. The van der Waals surface area contributed by atoms with Crippen molar-refractivity contribution in [1.29, 1.82) is 0 Å². The molecule has 0 aromatic heterocycles. The molecule has 0 saturated carbocycles. The molecule has 0 amide bonds. The third kappa shape index (κ3) is 4.01. The molecule has 1 aliphatic rings. The second-order valence-electron chi connectivity index (χ2n) is 4.98. The molecule has 15 heavy (non-hydrogen) atoms. The molecular formula is C10H19NO3S. The van der Waals surface area contributed by atoms with Gasteiger partial charge in [-0.3, -0.25) is 0 Å². The van der Waals surface area contributed by atoms with E-state index in [2.05, 4.69) is 4.40 Å². The predicted octanol–water partition coefficient (Wildman–Crippen LogP) is 1.67. The van der Waals surface area contributed by atoms with Gasteiger partial charge in [0.2, 0.25) is 0 Å². The largest absolute Gasteiger partial charge is 0.347 e. The van der Waals surface area contributed by atoms with Gasteiger partial charge in [0.1, 0.15) is 17.1 Å². The molecule has 0 aliphatic carbocycles. The summed E-state index contributed by atoms with van der Waals surface area (Å²) >= 11 is 0. The van der Waals surface area contributed by atoms with Gasteiger partial charge in [-0.15, -0.1) is 0 Å². The second-order valence-corrected chi connectivity index (χ2v) is 6.92. The van der Waals surface area contributed by atoms with Gasteiger partial charge in [-0.1, -0.05) is 0 Å². The number of hydrogen-bond donors (Lipinski definition) is 0. The zero-order valence-electron chi connectivity index (χ0n) is 9.94. The Labute approximate surface area is 93.6 Å². The van der Waals surface area contributed by atoms with Gasteiger partial charge in [-0.25, -0.2) is 4.21 Å². The third-order valence-corrected chi connectivity index (χ3v) is 3.24. The van der Waals surface area contributed by atoms with E-state index in [1.54, 1.807) is 6.21 Å². The Morgan fingerprint density at radius 3 is 2.47 bits per heavy atom. The van der Waals surface area contributed by atoms with E-state index in [4.69, 9.17) is 9.47 Å².